The summed E-state index contributed by atoms with van der Waals surface area (Å²) in [6.07, 6.45) is 23.7. The number of hydrogen-bond donors (Lipinski definition) is 0. The van der Waals surface area contributed by atoms with E-state index in [9.17, 15) is 0 Å². The summed E-state index contributed by atoms with van der Waals surface area (Å²) in [6.45, 7) is 2.30. The van der Waals surface area contributed by atoms with Crippen molar-refractivity contribution in [3.8, 4) is 0 Å². The van der Waals surface area contributed by atoms with Crippen molar-refractivity contribution in [1.29, 1.82) is 0 Å². The van der Waals surface area contributed by atoms with Crippen LogP contribution in [0, 0.1) is 0 Å². The van der Waals surface area contributed by atoms with Gasteiger partial charge in [-0.05, 0) is 0 Å². The molecular weight excluding hydrogens is 260 g/mol. The van der Waals surface area contributed by atoms with Gasteiger partial charge in [0.05, 0.1) is 0 Å². The topological polar surface area (TPSA) is 31.5 Å². The average Bonchev–Trinajstić information content (AvgIpc) is 2.43. The van der Waals surface area contributed by atoms with Crippen molar-refractivity contribution in [3.63, 3.8) is 0 Å². The molecular formula is C18H42OSi. The molecule has 0 saturated heterocycles. The molecule has 2 N–H and O–H groups in total. The summed E-state index contributed by atoms with van der Waals surface area (Å²) in [7, 11) is 1.41. The fourth-order valence-electron chi connectivity index (χ4n) is 2.80. The lowest BCUT2D eigenvalue weighted by Gasteiger charge is -2.03. The van der Waals surface area contributed by atoms with Gasteiger partial charge in [0.1, 0.15) is 0 Å². The maximum atomic E-state index is 2.30. The Morgan fingerprint density at radius 1 is 0.450 bits per heavy atom. The summed E-state index contributed by atoms with van der Waals surface area (Å²) in [5.41, 5.74) is 0. The molecule has 0 aromatic heterocycles. The van der Waals surface area contributed by atoms with Gasteiger partial charge in [0.25, 0.3) is 0 Å². The van der Waals surface area contributed by atoms with Crippen LogP contribution in [-0.4, -0.2) is 15.7 Å². The van der Waals surface area contributed by atoms with Crippen molar-refractivity contribution >= 4 is 10.2 Å². The zero-order valence-corrected chi connectivity index (χ0v) is 16.5. The molecule has 0 saturated carbocycles. The molecule has 0 heterocycles. The first kappa shape index (κ1) is 22.5. The first-order valence-corrected chi connectivity index (χ1v) is 10.8. The molecule has 0 amide bonds. The van der Waals surface area contributed by atoms with Crippen molar-refractivity contribution in [2.24, 2.45) is 0 Å². The second-order valence-electron chi connectivity index (χ2n) is 6.30. The third-order valence-corrected chi connectivity index (χ3v) is 4.91. The summed E-state index contributed by atoms with van der Waals surface area (Å²) in [4.78, 5) is 0. The van der Waals surface area contributed by atoms with Crippen molar-refractivity contribution in [3.05, 3.63) is 0 Å². The zero-order chi connectivity index (χ0) is 14.0. The van der Waals surface area contributed by atoms with Crippen LogP contribution in [0.4, 0.5) is 0 Å². The molecule has 0 aliphatic rings. The molecule has 0 spiro atoms. The van der Waals surface area contributed by atoms with Crippen LogP contribution in [0.1, 0.15) is 110 Å². The lowest BCUT2D eigenvalue weighted by molar-refractivity contribution is 0.531. The van der Waals surface area contributed by atoms with Gasteiger partial charge in [0.15, 0.2) is 0 Å². The molecule has 0 aromatic carbocycles. The van der Waals surface area contributed by atoms with Gasteiger partial charge >= 0.3 is 0 Å². The fourth-order valence-corrected chi connectivity index (χ4v) is 3.30. The zero-order valence-electron chi connectivity index (χ0n) is 14.5. The maximum absolute atomic E-state index is 2.30. The van der Waals surface area contributed by atoms with E-state index in [-0.39, 0.29) is 5.48 Å². The smallest absolute Gasteiger partial charge is 0.00279 e. The predicted molar refractivity (Wildman–Crippen MR) is 97.9 cm³/mol. The molecule has 0 fully saturated rings. The third kappa shape index (κ3) is 20.5. The molecule has 1 nitrogen and oxygen atoms in total. The van der Waals surface area contributed by atoms with Gasteiger partial charge < -0.3 is 5.48 Å². The van der Waals surface area contributed by atoms with Crippen molar-refractivity contribution in [1.82, 2.24) is 0 Å². The van der Waals surface area contributed by atoms with E-state index in [0.717, 1.165) is 0 Å². The number of rotatable bonds is 16. The molecule has 0 radical (unpaired) electrons. The average molecular weight is 303 g/mol. The quantitative estimate of drug-likeness (QED) is 0.277. The van der Waals surface area contributed by atoms with E-state index < -0.39 is 0 Å². The highest BCUT2D eigenvalue weighted by Gasteiger charge is 1.94. The highest BCUT2D eigenvalue weighted by atomic mass is 28.1. The van der Waals surface area contributed by atoms with E-state index in [1.807, 2.05) is 0 Å². The Hall–Kier alpha value is 0.177. The molecule has 0 unspecified atom stereocenters. The maximum Gasteiger partial charge on any atom is 0.00279 e. The molecule has 20 heavy (non-hydrogen) atoms. The first-order chi connectivity index (χ1) is 9.41. The molecule has 0 aliphatic heterocycles. The fraction of sp³-hybridized carbons (Fsp3) is 1.00. The Balaban J connectivity index is 0. The lowest BCUT2D eigenvalue weighted by atomic mass is 10.0. The molecule has 2 heteroatoms. The summed E-state index contributed by atoms with van der Waals surface area (Å²) < 4.78 is 0. The van der Waals surface area contributed by atoms with Crippen LogP contribution in [0.3, 0.4) is 0 Å². The summed E-state index contributed by atoms with van der Waals surface area (Å²) in [5.74, 6) is 0. The number of unbranched alkanes of at least 4 members (excludes halogenated alkanes) is 15. The van der Waals surface area contributed by atoms with Crippen molar-refractivity contribution in [2.75, 3.05) is 0 Å². The summed E-state index contributed by atoms with van der Waals surface area (Å²) in [6, 6.07) is 1.51. The van der Waals surface area contributed by atoms with Gasteiger partial charge in [-0.15, -0.1) is 0 Å². The highest BCUT2D eigenvalue weighted by Crippen LogP contribution is 2.13. The minimum atomic E-state index is 0. The van der Waals surface area contributed by atoms with Gasteiger partial charge in [-0.3, -0.25) is 0 Å². The van der Waals surface area contributed by atoms with Gasteiger partial charge in [-0.1, -0.05) is 116 Å². The van der Waals surface area contributed by atoms with Gasteiger partial charge in [0.2, 0.25) is 0 Å². The van der Waals surface area contributed by atoms with Crippen molar-refractivity contribution < 1.29 is 5.48 Å². The SMILES string of the molecule is CCCCCCCCCCCCCCCCCC[SiH3].O. The van der Waals surface area contributed by atoms with E-state index in [1.165, 1.54) is 119 Å². The van der Waals surface area contributed by atoms with Crippen LogP contribution in [0.25, 0.3) is 0 Å². The standard InChI is InChI=1S/C18H40Si.H2O/c1-2-3-4-5-6-7-8-9-10-11-12-13-14-15-16-17-18-19;/h2-18H2,1,19H3;1H2. The number of hydrogen-bond acceptors (Lipinski definition) is 0. The summed E-state index contributed by atoms with van der Waals surface area (Å²) in [5, 5.41) is 0. The normalized spacial score (nSPS) is 10.7. The Kier molecular flexibility index (Phi) is 24.1. The van der Waals surface area contributed by atoms with Crippen molar-refractivity contribution in [2.45, 2.75) is 116 Å². The lowest BCUT2D eigenvalue weighted by Crippen LogP contribution is -1.83. The Morgan fingerprint density at radius 2 is 0.700 bits per heavy atom. The van der Waals surface area contributed by atoms with Gasteiger partial charge in [-0.25, -0.2) is 0 Å². The molecule has 0 atom stereocenters. The predicted octanol–water partition coefficient (Wildman–Crippen LogP) is 5.21. The minimum Gasteiger partial charge on any atom is -0.412 e. The van der Waals surface area contributed by atoms with E-state index in [4.69, 9.17) is 0 Å². The van der Waals surface area contributed by atoms with E-state index in [1.54, 1.807) is 0 Å². The van der Waals surface area contributed by atoms with E-state index in [2.05, 4.69) is 6.92 Å². The van der Waals surface area contributed by atoms with Crippen LogP contribution in [0.5, 0.6) is 0 Å². The van der Waals surface area contributed by atoms with Crippen LogP contribution in [-0.2, 0) is 0 Å². The first-order valence-electron chi connectivity index (χ1n) is 9.41. The van der Waals surface area contributed by atoms with Gasteiger partial charge in [-0.2, -0.15) is 0 Å². The van der Waals surface area contributed by atoms with E-state index >= 15 is 0 Å². The van der Waals surface area contributed by atoms with Crippen LogP contribution in [0.2, 0.25) is 6.04 Å². The highest BCUT2D eigenvalue weighted by molar-refractivity contribution is 6.08. The Bertz CT molecular complexity index is 134. The second-order valence-corrected chi connectivity index (χ2v) is 7.30. The van der Waals surface area contributed by atoms with Crippen LogP contribution < -0.4 is 0 Å². The minimum absolute atomic E-state index is 0. The van der Waals surface area contributed by atoms with Crippen LogP contribution >= 0.6 is 0 Å². The van der Waals surface area contributed by atoms with Gasteiger partial charge in [0, 0.05) is 10.2 Å². The second kappa shape index (κ2) is 21.5. The monoisotopic (exact) mass is 302 g/mol. The van der Waals surface area contributed by atoms with Crippen LogP contribution in [0.15, 0.2) is 0 Å². The third-order valence-electron chi connectivity index (χ3n) is 4.21. The molecule has 0 rings (SSSR count). The summed E-state index contributed by atoms with van der Waals surface area (Å²) >= 11 is 0. The molecule has 124 valence electrons. The Morgan fingerprint density at radius 3 is 0.950 bits per heavy atom. The largest absolute Gasteiger partial charge is 0.412 e. The van der Waals surface area contributed by atoms with E-state index in [0.29, 0.717) is 0 Å². The molecule has 0 aliphatic carbocycles. The Labute approximate surface area is 132 Å². The molecule has 0 bridgehead atoms. The molecule has 0 aromatic rings.